The number of nitrogens with one attached hydrogen (secondary N) is 1. The quantitative estimate of drug-likeness (QED) is 0.805. The van der Waals surface area contributed by atoms with Gasteiger partial charge in [0.2, 0.25) is 5.91 Å². The molecule has 1 amide bonds. The van der Waals surface area contributed by atoms with Crippen LogP contribution in [0.4, 0.5) is 5.69 Å². The van der Waals surface area contributed by atoms with Crippen LogP contribution in [0.25, 0.3) is 0 Å². The van der Waals surface area contributed by atoms with Gasteiger partial charge >= 0.3 is 5.97 Å². The summed E-state index contributed by atoms with van der Waals surface area (Å²) in [5.74, 6) is -1.30. The summed E-state index contributed by atoms with van der Waals surface area (Å²) < 4.78 is 4.95. The molecule has 1 rings (SSSR count). The molecule has 0 aliphatic heterocycles. The standard InChI is InChI=1S/C11H10ClNO4/c1-17-8-4-2-7(3-5-8)13-10(14)6-9(12)11(15)16/h2-6H,1H3,(H,13,14)(H,15,16). The molecule has 90 valence electrons. The molecular formula is C11H10ClNO4. The molecule has 2 N–H and O–H groups in total. The van der Waals surface area contributed by atoms with Crippen LogP contribution in [0.15, 0.2) is 35.4 Å². The van der Waals surface area contributed by atoms with Gasteiger partial charge in [-0.3, -0.25) is 4.79 Å². The fourth-order valence-corrected chi connectivity index (χ4v) is 1.13. The smallest absolute Gasteiger partial charge is 0.347 e. The second-order valence-electron chi connectivity index (χ2n) is 3.02. The van der Waals surface area contributed by atoms with Gasteiger partial charge in [0, 0.05) is 11.8 Å². The highest BCUT2D eigenvalue weighted by molar-refractivity contribution is 6.42. The molecule has 0 aliphatic carbocycles. The lowest BCUT2D eigenvalue weighted by molar-refractivity contribution is -0.132. The lowest BCUT2D eigenvalue weighted by atomic mass is 10.3. The topological polar surface area (TPSA) is 75.6 Å². The van der Waals surface area contributed by atoms with E-state index in [1.54, 1.807) is 24.3 Å². The average molecular weight is 256 g/mol. The van der Waals surface area contributed by atoms with Gasteiger partial charge in [-0.1, -0.05) is 11.6 Å². The fraction of sp³-hybridized carbons (Fsp3) is 0.0909. The normalized spacial score (nSPS) is 10.8. The van der Waals surface area contributed by atoms with Crippen LogP contribution in [-0.4, -0.2) is 24.1 Å². The number of amides is 1. The molecular weight excluding hydrogens is 246 g/mol. The van der Waals surface area contributed by atoms with E-state index in [1.165, 1.54) is 7.11 Å². The highest BCUT2D eigenvalue weighted by Gasteiger charge is 2.06. The maximum absolute atomic E-state index is 11.3. The predicted octanol–water partition coefficient (Wildman–Crippen LogP) is 1.84. The Morgan fingerprint density at radius 1 is 1.35 bits per heavy atom. The molecule has 0 radical (unpaired) electrons. The Labute approximate surface area is 103 Å². The third-order valence-corrected chi connectivity index (χ3v) is 2.09. The number of carboxylic acid groups (broad SMARTS) is 1. The average Bonchev–Trinajstić information content (AvgIpc) is 2.29. The van der Waals surface area contributed by atoms with Crippen molar-refractivity contribution in [2.75, 3.05) is 12.4 Å². The number of hydrogen-bond donors (Lipinski definition) is 2. The van der Waals surface area contributed by atoms with Crippen LogP contribution < -0.4 is 10.1 Å². The van der Waals surface area contributed by atoms with Crippen molar-refractivity contribution in [2.45, 2.75) is 0 Å². The molecule has 0 aliphatic rings. The molecule has 0 aromatic heterocycles. The lowest BCUT2D eigenvalue weighted by Crippen LogP contribution is -2.10. The number of carboxylic acids is 1. The summed E-state index contributed by atoms with van der Waals surface area (Å²) in [6, 6.07) is 6.58. The Morgan fingerprint density at radius 3 is 2.41 bits per heavy atom. The van der Waals surface area contributed by atoms with E-state index in [4.69, 9.17) is 21.4 Å². The van der Waals surface area contributed by atoms with Gasteiger partial charge in [-0.05, 0) is 24.3 Å². The molecule has 0 unspecified atom stereocenters. The number of benzene rings is 1. The van der Waals surface area contributed by atoms with Gasteiger partial charge in [0.05, 0.1) is 7.11 Å². The van der Waals surface area contributed by atoms with Crippen LogP contribution in [0.3, 0.4) is 0 Å². The van der Waals surface area contributed by atoms with Crippen LogP contribution >= 0.6 is 11.6 Å². The maximum atomic E-state index is 11.3. The number of halogens is 1. The Bertz CT molecular complexity index is 453. The second-order valence-corrected chi connectivity index (χ2v) is 3.42. The molecule has 1 aromatic carbocycles. The van der Waals surface area contributed by atoms with E-state index >= 15 is 0 Å². The molecule has 1 aromatic rings. The van der Waals surface area contributed by atoms with Crippen LogP contribution in [0.1, 0.15) is 0 Å². The Kier molecular flexibility index (Phi) is 4.54. The van der Waals surface area contributed by atoms with Gasteiger partial charge in [0.15, 0.2) is 0 Å². The largest absolute Gasteiger partial charge is 0.497 e. The number of hydrogen-bond acceptors (Lipinski definition) is 3. The zero-order valence-corrected chi connectivity index (χ0v) is 9.69. The van der Waals surface area contributed by atoms with Crippen molar-refractivity contribution >= 4 is 29.2 Å². The SMILES string of the molecule is COc1ccc(NC(=O)C=C(Cl)C(=O)O)cc1. The fourth-order valence-electron chi connectivity index (χ4n) is 1.03. The number of carbonyl (C=O) groups is 2. The molecule has 0 spiro atoms. The molecule has 17 heavy (non-hydrogen) atoms. The van der Waals surface area contributed by atoms with E-state index in [2.05, 4.69) is 5.32 Å². The first-order chi connectivity index (χ1) is 8.02. The number of ether oxygens (including phenoxy) is 1. The van der Waals surface area contributed by atoms with Crippen molar-refractivity contribution in [1.82, 2.24) is 0 Å². The second kappa shape index (κ2) is 5.91. The molecule has 6 heteroatoms. The van der Waals surface area contributed by atoms with Crippen molar-refractivity contribution in [1.29, 1.82) is 0 Å². The summed E-state index contributed by atoms with van der Waals surface area (Å²) in [5.41, 5.74) is 0.516. The zero-order chi connectivity index (χ0) is 12.8. The Balaban J connectivity index is 2.68. The Hall–Kier alpha value is -2.01. The van der Waals surface area contributed by atoms with Crippen molar-refractivity contribution < 1.29 is 19.4 Å². The van der Waals surface area contributed by atoms with E-state index in [0.29, 0.717) is 11.4 Å². The van der Waals surface area contributed by atoms with Crippen LogP contribution in [0, 0.1) is 0 Å². The predicted molar refractivity (Wildman–Crippen MR) is 63.2 cm³/mol. The molecule has 5 nitrogen and oxygen atoms in total. The van der Waals surface area contributed by atoms with E-state index < -0.39 is 16.9 Å². The lowest BCUT2D eigenvalue weighted by Gasteiger charge is -2.03. The van der Waals surface area contributed by atoms with Gasteiger partial charge < -0.3 is 15.2 Å². The molecule has 0 saturated carbocycles. The van der Waals surface area contributed by atoms with Crippen molar-refractivity contribution in [2.24, 2.45) is 0 Å². The number of anilines is 1. The highest BCUT2D eigenvalue weighted by atomic mass is 35.5. The molecule has 0 bridgehead atoms. The maximum Gasteiger partial charge on any atom is 0.347 e. The summed E-state index contributed by atoms with van der Waals surface area (Å²) >= 11 is 5.31. The molecule has 0 saturated heterocycles. The van der Waals surface area contributed by atoms with E-state index in [-0.39, 0.29) is 0 Å². The van der Waals surface area contributed by atoms with Crippen molar-refractivity contribution in [3.63, 3.8) is 0 Å². The summed E-state index contributed by atoms with van der Waals surface area (Å²) in [6.45, 7) is 0. The minimum atomic E-state index is -1.35. The van der Waals surface area contributed by atoms with Crippen LogP contribution in [0.2, 0.25) is 0 Å². The minimum absolute atomic E-state index is 0.516. The van der Waals surface area contributed by atoms with Crippen molar-refractivity contribution in [3.8, 4) is 5.75 Å². The summed E-state index contributed by atoms with van der Waals surface area (Å²) in [7, 11) is 1.53. The van der Waals surface area contributed by atoms with Gasteiger partial charge in [0.1, 0.15) is 10.8 Å². The number of aliphatic carboxylic acids is 1. The summed E-state index contributed by atoms with van der Waals surface area (Å²) in [6.07, 6.45) is 0.800. The van der Waals surface area contributed by atoms with E-state index in [0.717, 1.165) is 6.08 Å². The first kappa shape index (κ1) is 13.1. The highest BCUT2D eigenvalue weighted by Crippen LogP contribution is 2.15. The zero-order valence-electron chi connectivity index (χ0n) is 8.94. The van der Waals surface area contributed by atoms with Crippen LogP contribution in [-0.2, 0) is 9.59 Å². The van der Waals surface area contributed by atoms with Gasteiger partial charge in [-0.15, -0.1) is 0 Å². The number of rotatable bonds is 4. The third kappa shape index (κ3) is 4.16. The Morgan fingerprint density at radius 2 is 1.94 bits per heavy atom. The monoisotopic (exact) mass is 255 g/mol. The summed E-state index contributed by atoms with van der Waals surface area (Å²) in [4.78, 5) is 21.7. The van der Waals surface area contributed by atoms with Gasteiger partial charge in [0.25, 0.3) is 0 Å². The first-order valence-corrected chi connectivity index (χ1v) is 4.96. The van der Waals surface area contributed by atoms with E-state index in [1.807, 2.05) is 0 Å². The van der Waals surface area contributed by atoms with Gasteiger partial charge in [-0.25, -0.2) is 4.79 Å². The van der Waals surface area contributed by atoms with Crippen molar-refractivity contribution in [3.05, 3.63) is 35.4 Å². The van der Waals surface area contributed by atoms with Gasteiger partial charge in [-0.2, -0.15) is 0 Å². The summed E-state index contributed by atoms with van der Waals surface area (Å²) in [5, 5.41) is 10.4. The minimum Gasteiger partial charge on any atom is -0.497 e. The van der Waals surface area contributed by atoms with Crippen LogP contribution in [0.5, 0.6) is 5.75 Å². The van der Waals surface area contributed by atoms with E-state index in [9.17, 15) is 9.59 Å². The molecule has 0 atom stereocenters. The first-order valence-electron chi connectivity index (χ1n) is 4.58. The molecule has 0 fully saturated rings. The molecule has 0 heterocycles. The number of methoxy groups -OCH3 is 1. The third-order valence-electron chi connectivity index (χ3n) is 1.82. The number of carbonyl (C=O) groups excluding carboxylic acids is 1.